The highest BCUT2D eigenvalue weighted by molar-refractivity contribution is 5.87. The van der Waals surface area contributed by atoms with Crippen molar-refractivity contribution in [2.75, 3.05) is 44.7 Å². The fraction of sp³-hybridized carbons (Fsp3) is 0.700. The normalized spacial score (nSPS) is 26.7. The maximum Gasteiger partial charge on any atom is 0.317 e. The van der Waals surface area contributed by atoms with Crippen molar-refractivity contribution in [1.82, 2.24) is 25.1 Å². The Bertz CT molecular complexity index is 746. The molecule has 1 N–H and O–H groups in total. The van der Waals surface area contributed by atoms with Crippen LogP contribution in [0.1, 0.15) is 33.1 Å². The lowest BCUT2D eigenvalue weighted by Gasteiger charge is -2.46. The molecule has 0 unspecified atom stereocenters. The van der Waals surface area contributed by atoms with Crippen LogP contribution >= 0.6 is 0 Å². The van der Waals surface area contributed by atoms with Crippen molar-refractivity contribution in [3.05, 3.63) is 18.5 Å². The maximum absolute atomic E-state index is 13.3. The first kappa shape index (κ1) is 19.0. The van der Waals surface area contributed by atoms with Crippen LogP contribution in [0.2, 0.25) is 0 Å². The topological polar surface area (TPSA) is 81.7 Å². The van der Waals surface area contributed by atoms with Crippen LogP contribution < -0.4 is 10.2 Å². The van der Waals surface area contributed by atoms with Gasteiger partial charge in [-0.25, -0.2) is 14.8 Å². The van der Waals surface area contributed by atoms with Crippen LogP contribution in [-0.2, 0) is 4.79 Å². The highest BCUT2D eigenvalue weighted by Crippen LogP contribution is 2.57. The number of piperidine rings is 1. The van der Waals surface area contributed by atoms with Crippen LogP contribution in [0.4, 0.5) is 10.7 Å². The Kier molecular flexibility index (Phi) is 4.67. The molecule has 4 rings (SSSR count). The summed E-state index contributed by atoms with van der Waals surface area (Å²) in [6, 6.07) is 1.93. The summed E-state index contributed by atoms with van der Waals surface area (Å²) < 4.78 is 0. The van der Waals surface area contributed by atoms with Gasteiger partial charge in [0.1, 0.15) is 0 Å². The van der Waals surface area contributed by atoms with Gasteiger partial charge in [0.05, 0.1) is 5.41 Å². The highest BCUT2D eigenvalue weighted by Gasteiger charge is 2.65. The number of amides is 3. The predicted molar refractivity (Wildman–Crippen MR) is 106 cm³/mol. The molecule has 0 saturated carbocycles. The third-order valence-corrected chi connectivity index (χ3v) is 6.85. The molecule has 3 amide bonds. The summed E-state index contributed by atoms with van der Waals surface area (Å²) in [6.45, 7) is 7.54. The fourth-order valence-corrected chi connectivity index (χ4v) is 5.35. The van der Waals surface area contributed by atoms with E-state index in [-0.39, 0.29) is 23.4 Å². The SMILES string of the molecule is CC(C)NC(=O)N1CCC2(CC1)CN(c1ncccn1)C[C@@]21CCN(C)C1=O. The monoisotopic (exact) mass is 386 g/mol. The van der Waals surface area contributed by atoms with Crippen LogP contribution in [-0.4, -0.2) is 77.5 Å². The number of anilines is 1. The van der Waals surface area contributed by atoms with E-state index in [1.165, 1.54) is 0 Å². The van der Waals surface area contributed by atoms with Crippen molar-refractivity contribution >= 4 is 17.9 Å². The van der Waals surface area contributed by atoms with Crippen LogP contribution in [0.3, 0.4) is 0 Å². The largest absolute Gasteiger partial charge is 0.345 e. The smallest absolute Gasteiger partial charge is 0.317 e. The lowest BCUT2D eigenvalue weighted by atomic mass is 9.60. The number of hydrogen-bond donors (Lipinski definition) is 1. The van der Waals surface area contributed by atoms with Gasteiger partial charge >= 0.3 is 6.03 Å². The molecule has 3 aliphatic rings. The van der Waals surface area contributed by atoms with Crippen LogP contribution in [0, 0.1) is 10.8 Å². The van der Waals surface area contributed by atoms with Crippen LogP contribution in [0.5, 0.6) is 0 Å². The van der Waals surface area contributed by atoms with Gasteiger partial charge in [0.2, 0.25) is 11.9 Å². The van der Waals surface area contributed by atoms with Crippen molar-refractivity contribution < 1.29 is 9.59 Å². The molecule has 3 saturated heterocycles. The van der Waals surface area contributed by atoms with E-state index < -0.39 is 5.41 Å². The molecule has 0 aromatic carbocycles. The molecule has 3 aliphatic heterocycles. The molecule has 0 aliphatic carbocycles. The lowest BCUT2D eigenvalue weighted by molar-refractivity contribution is -0.140. The third-order valence-electron chi connectivity index (χ3n) is 6.85. The van der Waals surface area contributed by atoms with Gasteiger partial charge in [-0.3, -0.25) is 4.79 Å². The first-order valence-corrected chi connectivity index (χ1v) is 10.2. The van der Waals surface area contributed by atoms with Gasteiger partial charge in [0, 0.05) is 63.6 Å². The average Bonchev–Trinajstić information content (AvgIpc) is 3.16. The van der Waals surface area contributed by atoms with Gasteiger partial charge in [0.15, 0.2) is 0 Å². The fourth-order valence-electron chi connectivity index (χ4n) is 5.35. The van der Waals surface area contributed by atoms with Crippen molar-refractivity contribution in [3.8, 4) is 0 Å². The summed E-state index contributed by atoms with van der Waals surface area (Å²) in [7, 11) is 1.90. The Morgan fingerprint density at radius 2 is 1.79 bits per heavy atom. The number of likely N-dealkylation sites (tertiary alicyclic amines) is 2. The molecular weight excluding hydrogens is 356 g/mol. The Morgan fingerprint density at radius 1 is 1.11 bits per heavy atom. The molecule has 1 aromatic rings. The minimum absolute atomic E-state index is 0.00462. The molecule has 8 heteroatoms. The first-order valence-electron chi connectivity index (χ1n) is 10.2. The van der Waals surface area contributed by atoms with E-state index in [4.69, 9.17) is 0 Å². The Labute approximate surface area is 166 Å². The molecule has 0 radical (unpaired) electrons. The van der Waals surface area contributed by atoms with Gasteiger partial charge in [-0.05, 0) is 39.2 Å². The zero-order chi connectivity index (χ0) is 19.9. The minimum Gasteiger partial charge on any atom is -0.345 e. The molecule has 152 valence electrons. The van der Waals surface area contributed by atoms with E-state index in [2.05, 4.69) is 20.2 Å². The van der Waals surface area contributed by atoms with E-state index in [9.17, 15) is 9.59 Å². The summed E-state index contributed by atoms with van der Waals surface area (Å²) in [5.41, 5.74) is -0.537. The maximum atomic E-state index is 13.3. The minimum atomic E-state index is -0.401. The summed E-state index contributed by atoms with van der Waals surface area (Å²) >= 11 is 0. The summed E-state index contributed by atoms with van der Waals surface area (Å²) in [5, 5.41) is 2.98. The van der Waals surface area contributed by atoms with Crippen molar-refractivity contribution in [1.29, 1.82) is 0 Å². The Morgan fingerprint density at radius 3 is 2.36 bits per heavy atom. The zero-order valence-corrected chi connectivity index (χ0v) is 17.0. The Hall–Kier alpha value is -2.38. The van der Waals surface area contributed by atoms with Crippen molar-refractivity contribution in [2.24, 2.45) is 10.8 Å². The van der Waals surface area contributed by atoms with Crippen LogP contribution in [0.25, 0.3) is 0 Å². The number of fused-ring (bicyclic) bond motifs is 1. The molecular formula is C20H30N6O2. The van der Waals surface area contributed by atoms with Crippen LogP contribution in [0.15, 0.2) is 18.5 Å². The summed E-state index contributed by atoms with van der Waals surface area (Å²) in [4.78, 5) is 40.5. The molecule has 0 bridgehead atoms. The van der Waals surface area contributed by atoms with Gasteiger partial charge in [-0.1, -0.05) is 0 Å². The second-order valence-corrected chi connectivity index (χ2v) is 8.84. The number of nitrogens with zero attached hydrogens (tertiary/aromatic N) is 5. The predicted octanol–water partition coefficient (Wildman–Crippen LogP) is 1.35. The zero-order valence-electron chi connectivity index (χ0n) is 17.0. The number of rotatable bonds is 2. The van der Waals surface area contributed by atoms with Gasteiger partial charge in [-0.15, -0.1) is 0 Å². The highest BCUT2D eigenvalue weighted by atomic mass is 16.2. The number of carbonyl (C=O) groups excluding carboxylic acids is 2. The van der Waals surface area contributed by atoms with E-state index >= 15 is 0 Å². The molecule has 1 atom stereocenters. The van der Waals surface area contributed by atoms with E-state index in [0.717, 1.165) is 32.4 Å². The second kappa shape index (κ2) is 6.90. The Balaban J connectivity index is 1.59. The molecule has 28 heavy (non-hydrogen) atoms. The number of carbonyl (C=O) groups is 2. The number of urea groups is 1. The molecule has 1 aromatic heterocycles. The quantitative estimate of drug-likeness (QED) is 0.830. The second-order valence-electron chi connectivity index (χ2n) is 8.84. The lowest BCUT2D eigenvalue weighted by Crippen LogP contribution is -2.55. The number of hydrogen-bond acceptors (Lipinski definition) is 5. The van der Waals surface area contributed by atoms with E-state index in [1.807, 2.05) is 36.8 Å². The standard InChI is InChI=1S/C20H30N6O2/c1-15(2)23-18(28)25-11-5-19(6-12-25)13-26(17-21-8-4-9-22-17)14-20(19)7-10-24(3)16(20)27/h4,8-9,15H,5-7,10-14H2,1-3H3,(H,23,28)/t20-/m1/s1. The van der Waals surface area contributed by atoms with E-state index in [1.54, 1.807) is 12.4 Å². The molecule has 3 fully saturated rings. The van der Waals surface area contributed by atoms with Gasteiger partial charge in [0.25, 0.3) is 0 Å². The van der Waals surface area contributed by atoms with Crippen molar-refractivity contribution in [2.45, 2.75) is 39.2 Å². The van der Waals surface area contributed by atoms with Gasteiger partial charge in [-0.2, -0.15) is 0 Å². The first-order chi connectivity index (χ1) is 13.4. The third kappa shape index (κ3) is 2.89. The van der Waals surface area contributed by atoms with E-state index in [0.29, 0.717) is 25.6 Å². The van der Waals surface area contributed by atoms with Gasteiger partial charge < -0.3 is 20.0 Å². The summed E-state index contributed by atoms with van der Waals surface area (Å²) in [5.74, 6) is 0.937. The molecule has 4 heterocycles. The number of nitrogens with one attached hydrogen (secondary N) is 1. The van der Waals surface area contributed by atoms with Crippen molar-refractivity contribution in [3.63, 3.8) is 0 Å². The average molecular weight is 387 g/mol. The summed E-state index contributed by atoms with van der Waals surface area (Å²) in [6.07, 6.45) is 6.04. The number of aromatic nitrogens is 2. The molecule has 2 spiro atoms. The molecule has 8 nitrogen and oxygen atoms in total.